The number of rotatable bonds is 5. The van der Waals surface area contributed by atoms with E-state index >= 15 is 0 Å². The molecule has 0 saturated carbocycles. The van der Waals surface area contributed by atoms with Crippen molar-refractivity contribution >= 4 is 92.0 Å². The zero-order chi connectivity index (χ0) is 21.3. The Balaban J connectivity index is 1.72. The molecule has 0 fully saturated rings. The number of nitrogens with one attached hydrogen (secondary N) is 1. The lowest BCUT2D eigenvalue weighted by Gasteiger charge is -2.06. The minimum atomic E-state index is 0.327. The summed E-state index contributed by atoms with van der Waals surface area (Å²) in [6.07, 6.45) is 0. The summed E-state index contributed by atoms with van der Waals surface area (Å²) < 4.78 is 0. The number of halogens is 5. The average Bonchev–Trinajstić information content (AvgIpc) is 3.04. The topological polar surface area (TPSA) is 40.5 Å². The molecule has 1 N–H and O–H groups in total. The third kappa shape index (κ3) is 4.59. The molecule has 4 rings (SSSR count). The minimum Gasteiger partial charge on any atom is -0.348 e. The molecule has 30 heavy (non-hydrogen) atoms. The van der Waals surface area contributed by atoms with E-state index < -0.39 is 0 Å². The van der Waals surface area contributed by atoms with Crippen LogP contribution in [0.2, 0.25) is 25.1 Å². The number of thioether (sulfide) groups is 1. The van der Waals surface area contributed by atoms with Gasteiger partial charge in [0.05, 0.1) is 10.0 Å². The number of aromatic nitrogens is 1. The molecule has 1 heterocycles. The van der Waals surface area contributed by atoms with Gasteiger partial charge in [0.15, 0.2) is 0 Å². The molecule has 152 valence electrons. The maximum atomic E-state index is 6.31. The highest BCUT2D eigenvalue weighted by Crippen LogP contribution is 2.42. The standard InChI is InChI=1S/C21H12Cl5N3S/c22-11-8-16(25)20(17(26)9-11)29-28-19-12-4-1-2-7-18(12)27-21(19)30-10-13-14(23)5-3-6-15(13)24/h1-9,27H,10H2. The lowest BCUT2D eigenvalue weighted by Crippen LogP contribution is -1.85. The number of azo groups is 1. The first-order chi connectivity index (χ1) is 14.4. The van der Waals surface area contributed by atoms with Crippen LogP contribution in [-0.2, 0) is 5.75 Å². The molecule has 0 spiro atoms. The number of hydrogen-bond acceptors (Lipinski definition) is 3. The van der Waals surface area contributed by atoms with Crippen LogP contribution in [0.5, 0.6) is 0 Å². The molecule has 0 unspecified atom stereocenters. The molecule has 0 aliphatic carbocycles. The summed E-state index contributed by atoms with van der Waals surface area (Å²) in [5.41, 5.74) is 2.84. The van der Waals surface area contributed by atoms with E-state index in [9.17, 15) is 0 Å². The highest BCUT2D eigenvalue weighted by atomic mass is 35.5. The third-order valence-corrected chi connectivity index (χ3v) is 6.82. The van der Waals surface area contributed by atoms with E-state index in [1.807, 2.05) is 42.5 Å². The van der Waals surface area contributed by atoms with Crippen LogP contribution in [0.25, 0.3) is 10.9 Å². The van der Waals surface area contributed by atoms with E-state index in [1.165, 1.54) is 11.8 Å². The predicted octanol–water partition coefficient (Wildman–Crippen LogP) is 10.1. The van der Waals surface area contributed by atoms with E-state index in [-0.39, 0.29) is 0 Å². The Labute approximate surface area is 202 Å². The molecule has 1 aromatic heterocycles. The van der Waals surface area contributed by atoms with Gasteiger partial charge < -0.3 is 4.98 Å². The number of H-pyrrole nitrogens is 1. The highest BCUT2D eigenvalue weighted by Gasteiger charge is 2.15. The molecule has 3 aromatic carbocycles. The minimum absolute atomic E-state index is 0.327. The van der Waals surface area contributed by atoms with Gasteiger partial charge in [-0.1, -0.05) is 82.3 Å². The first-order valence-corrected chi connectivity index (χ1v) is 11.5. The molecule has 3 nitrogen and oxygen atoms in total. The molecule has 0 aliphatic heterocycles. The van der Waals surface area contributed by atoms with Gasteiger partial charge in [0, 0.05) is 31.7 Å². The fourth-order valence-corrected chi connectivity index (χ4v) is 5.50. The van der Waals surface area contributed by atoms with E-state index in [0.29, 0.717) is 42.2 Å². The van der Waals surface area contributed by atoms with Crippen molar-refractivity contribution in [2.24, 2.45) is 10.2 Å². The Morgan fingerprint density at radius 2 is 1.37 bits per heavy atom. The maximum Gasteiger partial charge on any atom is 0.125 e. The largest absolute Gasteiger partial charge is 0.348 e. The Morgan fingerprint density at radius 3 is 2.07 bits per heavy atom. The van der Waals surface area contributed by atoms with Crippen molar-refractivity contribution in [3.63, 3.8) is 0 Å². The number of hydrogen-bond donors (Lipinski definition) is 1. The SMILES string of the molecule is Clc1cc(Cl)c(N=Nc2c(SCc3c(Cl)cccc3Cl)[nH]c3ccccc23)c(Cl)c1. The quantitative estimate of drug-likeness (QED) is 0.208. The summed E-state index contributed by atoms with van der Waals surface area (Å²) in [6.45, 7) is 0. The summed E-state index contributed by atoms with van der Waals surface area (Å²) in [7, 11) is 0. The van der Waals surface area contributed by atoms with Crippen molar-refractivity contribution in [1.29, 1.82) is 0 Å². The van der Waals surface area contributed by atoms with Crippen molar-refractivity contribution in [3.8, 4) is 0 Å². The first kappa shape index (κ1) is 21.8. The van der Waals surface area contributed by atoms with Crippen LogP contribution in [0.3, 0.4) is 0 Å². The van der Waals surface area contributed by atoms with Crippen molar-refractivity contribution in [3.05, 3.63) is 85.3 Å². The fourth-order valence-electron chi connectivity index (χ4n) is 2.85. The van der Waals surface area contributed by atoms with Crippen LogP contribution in [0.4, 0.5) is 11.4 Å². The van der Waals surface area contributed by atoms with Gasteiger partial charge in [-0.2, -0.15) is 0 Å². The van der Waals surface area contributed by atoms with Gasteiger partial charge in [-0.15, -0.1) is 22.0 Å². The summed E-state index contributed by atoms with van der Waals surface area (Å²) in [6, 6.07) is 16.4. The number of nitrogens with zero attached hydrogens (tertiary/aromatic N) is 2. The van der Waals surface area contributed by atoms with Gasteiger partial charge in [0.2, 0.25) is 0 Å². The lowest BCUT2D eigenvalue weighted by molar-refractivity contribution is 1.15. The number of para-hydroxylation sites is 1. The lowest BCUT2D eigenvalue weighted by atomic mass is 10.2. The van der Waals surface area contributed by atoms with Crippen molar-refractivity contribution < 1.29 is 0 Å². The van der Waals surface area contributed by atoms with Gasteiger partial charge in [0.25, 0.3) is 0 Å². The molecule has 0 amide bonds. The van der Waals surface area contributed by atoms with Crippen LogP contribution < -0.4 is 0 Å². The Kier molecular flexibility index (Phi) is 6.83. The van der Waals surface area contributed by atoms with Crippen LogP contribution in [-0.4, -0.2) is 4.98 Å². The normalized spacial score (nSPS) is 11.6. The van der Waals surface area contributed by atoms with Crippen LogP contribution >= 0.6 is 69.8 Å². The molecule has 0 radical (unpaired) electrons. The number of aromatic amines is 1. The summed E-state index contributed by atoms with van der Waals surface area (Å²) in [4.78, 5) is 3.38. The summed E-state index contributed by atoms with van der Waals surface area (Å²) >= 11 is 32.6. The fraction of sp³-hybridized carbons (Fsp3) is 0.0476. The molecule has 9 heteroatoms. The van der Waals surface area contributed by atoms with Gasteiger partial charge in [-0.25, -0.2) is 0 Å². The summed E-state index contributed by atoms with van der Waals surface area (Å²) in [5, 5.41) is 12.9. The van der Waals surface area contributed by atoms with Gasteiger partial charge in [-0.3, -0.25) is 0 Å². The van der Waals surface area contributed by atoms with Crippen molar-refractivity contribution in [1.82, 2.24) is 4.98 Å². The molecular formula is C21H12Cl5N3S. The third-order valence-electron chi connectivity index (χ3n) is 4.30. The molecule has 0 aliphatic rings. The van der Waals surface area contributed by atoms with Crippen LogP contribution in [0.1, 0.15) is 5.56 Å². The second kappa shape index (κ2) is 9.39. The van der Waals surface area contributed by atoms with Crippen LogP contribution in [0, 0.1) is 0 Å². The first-order valence-electron chi connectivity index (χ1n) is 8.66. The number of benzene rings is 3. The predicted molar refractivity (Wildman–Crippen MR) is 130 cm³/mol. The van der Waals surface area contributed by atoms with E-state index in [1.54, 1.807) is 12.1 Å². The highest BCUT2D eigenvalue weighted by molar-refractivity contribution is 7.98. The van der Waals surface area contributed by atoms with Gasteiger partial charge in [0.1, 0.15) is 16.4 Å². The Bertz CT molecular complexity index is 1230. The zero-order valence-corrected chi connectivity index (χ0v) is 19.7. The van der Waals surface area contributed by atoms with Crippen molar-refractivity contribution in [2.75, 3.05) is 0 Å². The zero-order valence-electron chi connectivity index (χ0n) is 15.1. The van der Waals surface area contributed by atoms with Gasteiger partial charge in [-0.05, 0) is 35.9 Å². The van der Waals surface area contributed by atoms with E-state index in [4.69, 9.17) is 58.0 Å². The molecule has 0 bridgehead atoms. The van der Waals surface area contributed by atoms with Gasteiger partial charge >= 0.3 is 0 Å². The van der Waals surface area contributed by atoms with E-state index in [0.717, 1.165) is 21.5 Å². The monoisotopic (exact) mass is 513 g/mol. The van der Waals surface area contributed by atoms with E-state index in [2.05, 4.69) is 15.2 Å². The van der Waals surface area contributed by atoms with Crippen LogP contribution in [0.15, 0.2) is 69.9 Å². The Hall–Kier alpha value is -1.40. The Morgan fingerprint density at radius 1 is 0.733 bits per heavy atom. The molecule has 0 atom stereocenters. The molecule has 4 aromatic rings. The molecule has 0 saturated heterocycles. The second-order valence-electron chi connectivity index (χ2n) is 6.26. The second-order valence-corrected chi connectivity index (χ2v) is 9.31. The average molecular weight is 516 g/mol. The maximum absolute atomic E-state index is 6.31. The molecular weight excluding hydrogens is 504 g/mol. The summed E-state index contributed by atoms with van der Waals surface area (Å²) in [5.74, 6) is 0.566. The van der Waals surface area contributed by atoms with Crippen molar-refractivity contribution in [2.45, 2.75) is 10.8 Å². The smallest absolute Gasteiger partial charge is 0.125 e. The number of fused-ring (bicyclic) bond motifs is 1.